The molecule has 0 amide bonds. The molecule has 0 aliphatic carbocycles. The second-order valence-electron chi connectivity index (χ2n) is 5.74. The molecule has 0 aliphatic rings. The van der Waals surface area contributed by atoms with Crippen LogP contribution in [0.5, 0.6) is 0 Å². The molecule has 5 nitrogen and oxygen atoms in total. The van der Waals surface area contributed by atoms with Crippen LogP contribution in [0.2, 0.25) is 0 Å². The molecule has 0 aliphatic heterocycles. The molecule has 0 spiro atoms. The van der Waals surface area contributed by atoms with E-state index >= 15 is 0 Å². The van der Waals surface area contributed by atoms with Crippen LogP contribution in [0, 0.1) is 5.92 Å². The zero-order valence-electron chi connectivity index (χ0n) is 13.2. The second kappa shape index (κ2) is 7.88. The van der Waals surface area contributed by atoms with Gasteiger partial charge >= 0.3 is 0 Å². The Hall–Kier alpha value is -1.75. The minimum absolute atomic E-state index is 0.333. The Morgan fingerprint density at radius 3 is 2.71 bits per heavy atom. The molecular weight excluding hydrogens is 262 g/mol. The number of likely N-dealkylation sites (N-methyl/N-ethyl adjacent to an activating group) is 1. The van der Waals surface area contributed by atoms with E-state index in [2.05, 4.69) is 47.2 Å². The Morgan fingerprint density at radius 1 is 1.19 bits per heavy atom. The van der Waals surface area contributed by atoms with Crippen LogP contribution in [0.25, 0.3) is 0 Å². The minimum Gasteiger partial charge on any atom is -0.313 e. The third-order valence-electron chi connectivity index (χ3n) is 3.34. The predicted octanol–water partition coefficient (Wildman–Crippen LogP) is 2.09. The van der Waals surface area contributed by atoms with Crippen molar-refractivity contribution >= 4 is 0 Å². The standard InChI is InChI=1S/C16H25N5/c1-4-17-15(9-14-7-5-6-8-18-14)10-16-19-12-20-21(16)11-13(2)3/h5-8,12-13,15,17H,4,9-11H2,1-3H3. The summed E-state index contributed by atoms with van der Waals surface area (Å²) < 4.78 is 2.02. The molecule has 0 fully saturated rings. The maximum absolute atomic E-state index is 4.42. The van der Waals surface area contributed by atoms with Crippen molar-refractivity contribution in [2.75, 3.05) is 6.54 Å². The normalized spacial score (nSPS) is 12.8. The highest BCUT2D eigenvalue weighted by Crippen LogP contribution is 2.08. The molecule has 0 saturated carbocycles. The quantitative estimate of drug-likeness (QED) is 0.808. The van der Waals surface area contributed by atoms with Gasteiger partial charge in [-0.15, -0.1) is 0 Å². The molecular formula is C16H25N5. The summed E-state index contributed by atoms with van der Waals surface area (Å²) >= 11 is 0. The van der Waals surface area contributed by atoms with Gasteiger partial charge in [0.1, 0.15) is 12.2 Å². The van der Waals surface area contributed by atoms with Crippen LogP contribution in [-0.4, -0.2) is 32.3 Å². The van der Waals surface area contributed by atoms with Crippen LogP contribution < -0.4 is 5.32 Å². The van der Waals surface area contributed by atoms with Gasteiger partial charge in [0.2, 0.25) is 0 Å². The molecule has 114 valence electrons. The Morgan fingerprint density at radius 2 is 2.05 bits per heavy atom. The lowest BCUT2D eigenvalue weighted by Gasteiger charge is -2.18. The summed E-state index contributed by atoms with van der Waals surface area (Å²) in [5, 5.41) is 7.87. The molecule has 0 saturated heterocycles. The summed E-state index contributed by atoms with van der Waals surface area (Å²) in [5.41, 5.74) is 1.11. The lowest BCUT2D eigenvalue weighted by Crippen LogP contribution is -2.34. The first-order valence-corrected chi connectivity index (χ1v) is 7.69. The Bertz CT molecular complexity index is 520. The number of aromatic nitrogens is 4. The van der Waals surface area contributed by atoms with E-state index in [1.807, 2.05) is 23.0 Å². The third kappa shape index (κ3) is 4.93. The lowest BCUT2D eigenvalue weighted by atomic mass is 10.1. The largest absolute Gasteiger partial charge is 0.313 e. The highest BCUT2D eigenvalue weighted by molar-refractivity contribution is 5.06. The molecule has 1 atom stereocenters. The van der Waals surface area contributed by atoms with Gasteiger partial charge in [0.15, 0.2) is 0 Å². The van der Waals surface area contributed by atoms with E-state index < -0.39 is 0 Å². The van der Waals surface area contributed by atoms with Crippen LogP contribution in [0.4, 0.5) is 0 Å². The van der Waals surface area contributed by atoms with Crippen molar-refractivity contribution in [2.45, 2.75) is 46.2 Å². The second-order valence-corrected chi connectivity index (χ2v) is 5.74. The minimum atomic E-state index is 0.333. The van der Waals surface area contributed by atoms with Gasteiger partial charge in [0.05, 0.1) is 0 Å². The van der Waals surface area contributed by atoms with Crippen molar-refractivity contribution in [2.24, 2.45) is 5.92 Å². The van der Waals surface area contributed by atoms with Gasteiger partial charge in [0, 0.05) is 37.3 Å². The van der Waals surface area contributed by atoms with Crippen LogP contribution in [0.3, 0.4) is 0 Å². The van der Waals surface area contributed by atoms with Crippen LogP contribution in [0.15, 0.2) is 30.7 Å². The fraction of sp³-hybridized carbons (Fsp3) is 0.562. The van der Waals surface area contributed by atoms with Gasteiger partial charge in [-0.2, -0.15) is 5.10 Å². The molecule has 0 aromatic carbocycles. The monoisotopic (exact) mass is 287 g/mol. The molecule has 2 aromatic rings. The average molecular weight is 287 g/mol. The molecule has 2 rings (SSSR count). The van der Waals surface area contributed by atoms with E-state index in [4.69, 9.17) is 0 Å². The smallest absolute Gasteiger partial charge is 0.138 e. The predicted molar refractivity (Wildman–Crippen MR) is 84.0 cm³/mol. The topological polar surface area (TPSA) is 55.6 Å². The average Bonchev–Trinajstić information content (AvgIpc) is 2.86. The van der Waals surface area contributed by atoms with Crippen molar-refractivity contribution in [1.82, 2.24) is 25.1 Å². The first-order valence-electron chi connectivity index (χ1n) is 7.69. The van der Waals surface area contributed by atoms with Gasteiger partial charge in [-0.3, -0.25) is 4.98 Å². The molecule has 21 heavy (non-hydrogen) atoms. The summed E-state index contributed by atoms with van der Waals surface area (Å²) in [5.74, 6) is 1.62. The van der Waals surface area contributed by atoms with Crippen molar-refractivity contribution < 1.29 is 0 Å². The highest BCUT2D eigenvalue weighted by atomic mass is 15.3. The van der Waals surface area contributed by atoms with Gasteiger partial charge in [-0.1, -0.05) is 26.8 Å². The van der Waals surface area contributed by atoms with Gasteiger partial charge in [-0.05, 0) is 24.6 Å². The van der Waals surface area contributed by atoms with E-state index in [1.54, 1.807) is 6.33 Å². The summed E-state index contributed by atoms with van der Waals surface area (Å²) in [6, 6.07) is 6.39. The van der Waals surface area contributed by atoms with Gasteiger partial charge < -0.3 is 5.32 Å². The number of nitrogens with one attached hydrogen (secondary N) is 1. The van der Waals surface area contributed by atoms with Crippen molar-refractivity contribution in [1.29, 1.82) is 0 Å². The Balaban J connectivity index is 2.04. The lowest BCUT2D eigenvalue weighted by molar-refractivity contribution is 0.440. The SMILES string of the molecule is CCNC(Cc1ccccn1)Cc1ncnn1CC(C)C. The van der Waals surface area contributed by atoms with Crippen molar-refractivity contribution in [3.63, 3.8) is 0 Å². The van der Waals surface area contributed by atoms with E-state index in [-0.39, 0.29) is 0 Å². The number of hydrogen-bond acceptors (Lipinski definition) is 4. The molecule has 1 unspecified atom stereocenters. The van der Waals surface area contributed by atoms with Gasteiger partial charge in [-0.25, -0.2) is 9.67 Å². The molecule has 0 radical (unpaired) electrons. The van der Waals surface area contributed by atoms with E-state index in [0.29, 0.717) is 12.0 Å². The van der Waals surface area contributed by atoms with Crippen LogP contribution >= 0.6 is 0 Å². The third-order valence-corrected chi connectivity index (χ3v) is 3.34. The summed E-state index contributed by atoms with van der Waals surface area (Å²) in [4.78, 5) is 8.84. The first kappa shape index (κ1) is 15.6. The Labute approximate surface area is 126 Å². The molecule has 5 heteroatoms. The summed E-state index contributed by atoms with van der Waals surface area (Å²) in [7, 11) is 0. The van der Waals surface area contributed by atoms with Crippen LogP contribution in [0.1, 0.15) is 32.3 Å². The summed E-state index contributed by atoms with van der Waals surface area (Å²) in [6.07, 6.45) is 5.28. The zero-order valence-corrected chi connectivity index (χ0v) is 13.2. The van der Waals surface area contributed by atoms with E-state index in [1.165, 1.54) is 0 Å². The maximum Gasteiger partial charge on any atom is 0.138 e. The number of pyridine rings is 1. The maximum atomic E-state index is 4.42. The Kier molecular flexibility index (Phi) is 5.87. The number of hydrogen-bond donors (Lipinski definition) is 1. The van der Waals surface area contributed by atoms with Crippen LogP contribution in [-0.2, 0) is 19.4 Å². The molecule has 1 N–H and O–H groups in total. The number of nitrogens with zero attached hydrogens (tertiary/aromatic N) is 4. The zero-order chi connectivity index (χ0) is 15.1. The molecule has 2 aromatic heterocycles. The molecule has 2 heterocycles. The van der Waals surface area contributed by atoms with Gasteiger partial charge in [0.25, 0.3) is 0 Å². The fourth-order valence-corrected chi connectivity index (χ4v) is 2.44. The first-order chi connectivity index (χ1) is 10.2. The van der Waals surface area contributed by atoms with E-state index in [0.717, 1.165) is 37.4 Å². The molecule has 0 bridgehead atoms. The van der Waals surface area contributed by atoms with Crippen molar-refractivity contribution in [3.8, 4) is 0 Å². The summed E-state index contributed by atoms with van der Waals surface area (Å²) in [6.45, 7) is 8.38. The highest BCUT2D eigenvalue weighted by Gasteiger charge is 2.15. The number of rotatable bonds is 8. The van der Waals surface area contributed by atoms with Crippen molar-refractivity contribution in [3.05, 3.63) is 42.2 Å². The van der Waals surface area contributed by atoms with E-state index in [9.17, 15) is 0 Å². The fourth-order valence-electron chi connectivity index (χ4n) is 2.44.